The minimum atomic E-state index is 0.498. The summed E-state index contributed by atoms with van der Waals surface area (Å²) in [5.41, 5.74) is 12.3. The van der Waals surface area contributed by atoms with Crippen molar-refractivity contribution in [3.8, 4) is 17.0 Å². The molecule has 152 valence electrons. The second-order valence-corrected chi connectivity index (χ2v) is 7.43. The van der Waals surface area contributed by atoms with Crippen LogP contribution >= 0.6 is 11.6 Å². The van der Waals surface area contributed by atoms with E-state index in [-0.39, 0.29) is 0 Å². The molecule has 0 unspecified atom stereocenters. The van der Waals surface area contributed by atoms with Gasteiger partial charge in [0.2, 0.25) is 0 Å². The zero-order valence-electron chi connectivity index (χ0n) is 17.3. The van der Waals surface area contributed by atoms with E-state index in [1.54, 1.807) is 24.3 Å². The van der Waals surface area contributed by atoms with Gasteiger partial charge in [0.25, 0.3) is 0 Å². The number of nitrogen functional groups attached to an aromatic ring is 1. The van der Waals surface area contributed by atoms with Crippen molar-refractivity contribution in [3.63, 3.8) is 0 Å². The monoisotopic (exact) mass is 409 g/mol. The molecular weight excluding hydrogens is 382 g/mol. The van der Waals surface area contributed by atoms with Crippen LogP contribution in [0.1, 0.15) is 42.8 Å². The highest BCUT2D eigenvalue weighted by molar-refractivity contribution is 6.33. The molecule has 5 heteroatoms. The Hall–Kier alpha value is -2.59. The number of methoxy groups -OCH3 is 1. The first-order valence-corrected chi connectivity index (χ1v) is 10.5. The van der Waals surface area contributed by atoms with Gasteiger partial charge in [-0.3, -0.25) is 0 Å². The normalized spacial score (nSPS) is 12.1. The number of anilines is 1. The van der Waals surface area contributed by atoms with Gasteiger partial charge in [-0.2, -0.15) is 0 Å². The van der Waals surface area contributed by atoms with Crippen molar-refractivity contribution in [2.24, 2.45) is 0 Å². The van der Waals surface area contributed by atoms with Crippen LogP contribution in [-0.4, -0.2) is 17.1 Å². The maximum atomic E-state index is 6.33. The van der Waals surface area contributed by atoms with Gasteiger partial charge in [-0.1, -0.05) is 49.7 Å². The van der Waals surface area contributed by atoms with Gasteiger partial charge in [0.05, 0.1) is 29.2 Å². The summed E-state index contributed by atoms with van der Waals surface area (Å²) in [4.78, 5) is 9.08. The molecule has 0 bridgehead atoms. The lowest BCUT2D eigenvalue weighted by atomic mass is 10.1. The van der Waals surface area contributed by atoms with E-state index in [1.807, 2.05) is 26.0 Å². The molecular formula is C24H28ClN3O. The number of hydrogen-bond donors (Lipinski definition) is 1. The van der Waals surface area contributed by atoms with Crippen molar-refractivity contribution < 1.29 is 4.74 Å². The second kappa shape index (κ2) is 9.75. The van der Waals surface area contributed by atoms with Gasteiger partial charge in [-0.15, -0.1) is 0 Å². The van der Waals surface area contributed by atoms with Gasteiger partial charge in [-0.25, -0.2) is 9.97 Å². The molecule has 0 atom stereocenters. The quantitative estimate of drug-likeness (QED) is 0.601. The number of nitrogens with two attached hydrogens (primary N) is 1. The zero-order chi connectivity index (χ0) is 20.8. The van der Waals surface area contributed by atoms with Crippen molar-refractivity contribution in [2.45, 2.75) is 46.0 Å². The average molecular weight is 410 g/mol. The summed E-state index contributed by atoms with van der Waals surface area (Å²) in [5, 5.41) is 0.597. The van der Waals surface area contributed by atoms with Crippen LogP contribution in [0.15, 0.2) is 42.5 Å². The lowest BCUT2D eigenvalue weighted by Gasteiger charge is -2.12. The smallest absolute Gasteiger partial charge is 0.145 e. The van der Waals surface area contributed by atoms with E-state index in [1.165, 1.54) is 19.3 Å². The van der Waals surface area contributed by atoms with Gasteiger partial charge in [0.15, 0.2) is 0 Å². The highest BCUT2D eigenvalue weighted by Crippen LogP contribution is 2.32. The van der Waals surface area contributed by atoms with E-state index >= 15 is 0 Å². The lowest BCUT2D eigenvalue weighted by molar-refractivity contribution is 0.415. The molecule has 1 aromatic heterocycles. The topological polar surface area (TPSA) is 61.0 Å². The zero-order valence-corrected chi connectivity index (χ0v) is 18.1. The van der Waals surface area contributed by atoms with Crippen LogP contribution in [0.4, 0.5) is 5.82 Å². The van der Waals surface area contributed by atoms with Crippen LogP contribution in [0.2, 0.25) is 5.02 Å². The molecule has 0 amide bonds. The molecule has 4 nitrogen and oxygen atoms in total. The molecule has 29 heavy (non-hydrogen) atoms. The summed E-state index contributed by atoms with van der Waals surface area (Å²) in [6.07, 6.45) is 5.45. The highest BCUT2D eigenvalue weighted by atomic mass is 35.5. The molecule has 2 N–H and O–H groups in total. The first-order chi connectivity index (χ1) is 14.1. The summed E-state index contributed by atoms with van der Waals surface area (Å²) < 4.78 is 5.17. The van der Waals surface area contributed by atoms with Crippen molar-refractivity contribution in [2.75, 3.05) is 12.8 Å². The number of aryl methyl sites for hydroxylation is 4. The van der Waals surface area contributed by atoms with E-state index in [2.05, 4.69) is 34.2 Å². The Morgan fingerprint density at radius 1 is 0.966 bits per heavy atom. The molecule has 4 rings (SSSR count). The molecule has 2 aromatic carbocycles. The van der Waals surface area contributed by atoms with Crippen molar-refractivity contribution in [3.05, 3.63) is 70.0 Å². The number of hydrogen-bond acceptors (Lipinski definition) is 4. The summed E-state index contributed by atoms with van der Waals surface area (Å²) >= 11 is 6.33. The maximum absolute atomic E-state index is 6.33. The maximum Gasteiger partial charge on any atom is 0.145 e. The summed E-state index contributed by atoms with van der Waals surface area (Å²) in [6, 6.07) is 14.3. The van der Waals surface area contributed by atoms with Crippen LogP contribution < -0.4 is 10.5 Å². The number of nitrogens with zero attached hydrogens (tertiary/aromatic N) is 2. The fourth-order valence-electron chi connectivity index (χ4n) is 3.57. The SMILES string of the molecule is CCc1nc(-c2ccc(OC)cc2Cl)c(CC)nc1N.c1ccc2c(c1)CCC2. The van der Waals surface area contributed by atoms with E-state index in [0.29, 0.717) is 10.8 Å². The third-order valence-corrected chi connectivity index (χ3v) is 5.50. The van der Waals surface area contributed by atoms with E-state index < -0.39 is 0 Å². The minimum absolute atomic E-state index is 0.498. The largest absolute Gasteiger partial charge is 0.497 e. The fourth-order valence-corrected chi connectivity index (χ4v) is 3.83. The van der Waals surface area contributed by atoms with Crippen molar-refractivity contribution >= 4 is 17.4 Å². The van der Waals surface area contributed by atoms with Crippen LogP contribution in [0.3, 0.4) is 0 Å². The molecule has 0 aliphatic heterocycles. The van der Waals surface area contributed by atoms with Gasteiger partial charge in [-0.05, 0) is 61.4 Å². The summed E-state index contributed by atoms with van der Waals surface area (Å²) in [5.74, 6) is 1.22. The minimum Gasteiger partial charge on any atom is -0.497 e. The Kier molecular flexibility index (Phi) is 7.10. The molecule has 1 heterocycles. The molecule has 0 saturated carbocycles. The van der Waals surface area contributed by atoms with E-state index in [4.69, 9.17) is 22.1 Å². The molecule has 0 spiro atoms. The van der Waals surface area contributed by atoms with Gasteiger partial charge in [0.1, 0.15) is 11.6 Å². The van der Waals surface area contributed by atoms with Crippen LogP contribution in [0.5, 0.6) is 5.75 Å². The predicted octanol–water partition coefficient (Wildman–Crippen LogP) is 5.69. The Morgan fingerprint density at radius 3 is 2.17 bits per heavy atom. The van der Waals surface area contributed by atoms with Crippen molar-refractivity contribution in [1.82, 2.24) is 9.97 Å². The number of halogens is 1. The summed E-state index contributed by atoms with van der Waals surface area (Å²) in [6.45, 7) is 4.03. The Balaban J connectivity index is 0.000000220. The molecule has 0 fully saturated rings. The Morgan fingerprint density at radius 2 is 1.62 bits per heavy atom. The average Bonchev–Trinajstić information content (AvgIpc) is 3.23. The molecule has 0 radical (unpaired) electrons. The van der Waals surface area contributed by atoms with Gasteiger partial charge >= 0.3 is 0 Å². The van der Waals surface area contributed by atoms with Gasteiger partial charge < -0.3 is 10.5 Å². The Labute approximate surface area is 178 Å². The number of fused-ring (bicyclic) bond motifs is 1. The molecule has 1 aliphatic rings. The third kappa shape index (κ3) is 4.88. The second-order valence-electron chi connectivity index (χ2n) is 7.03. The third-order valence-electron chi connectivity index (χ3n) is 5.18. The molecule has 3 aromatic rings. The van der Waals surface area contributed by atoms with E-state index in [9.17, 15) is 0 Å². The van der Waals surface area contributed by atoms with Crippen LogP contribution in [0.25, 0.3) is 11.3 Å². The summed E-state index contributed by atoms with van der Waals surface area (Å²) in [7, 11) is 1.61. The standard InChI is InChI=1S/C15H18ClN3O.C9H10/c1-4-12-14(18-13(5-2)15(17)19-12)10-7-6-9(20-3)8-11(10)16;1-2-5-9-7-3-6-8(9)4-1/h6-8H,4-5H2,1-3H3,(H2,17,19);1-2,4-5H,3,6-7H2. The molecule has 1 aliphatic carbocycles. The van der Waals surface area contributed by atoms with E-state index in [0.717, 1.165) is 41.2 Å². The fraction of sp³-hybridized carbons (Fsp3) is 0.333. The van der Waals surface area contributed by atoms with Crippen LogP contribution in [-0.2, 0) is 25.7 Å². The number of benzene rings is 2. The van der Waals surface area contributed by atoms with Gasteiger partial charge in [0, 0.05) is 5.56 Å². The first-order valence-electron chi connectivity index (χ1n) is 10.1. The predicted molar refractivity (Wildman–Crippen MR) is 121 cm³/mol. The highest BCUT2D eigenvalue weighted by Gasteiger charge is 2.14. The lowest BCUT2D eigenvalue weighted by Crippen LogP contribution is -2.06. The molecule has 0 saturated heterocycles. The first kappa shape index (κ1) is 21.1. The Bertz CT molecular complexity index is 965. The number of aromatic nitrogens is 2. The number of ether oxygens (including phenoxy) is 1. The number of rotatable bonds is 4. The van der Waals surface area contributed by atoms with Crippen LogP contribution in [0, 0.1) is 0 Å². The van der Waals surface area contributed by atoms with Crippen molar-refractivity contribution in [1.29, 1.82) is 0 Å².